The second kappa shape index (κ2) is 3.16. The van der Waals surface area contributed by atoms with E-state index in [9.17, 15) is 0 Å². The summed E-state index contributed by atoms with van der Waals surface area (Å²) in [5.41, 5.74) is 1.77. The highest BCUT2D eigenvalue weighted by Gasteiger charge is 2.04. The van der Waals surface area contributed by atoms with E-state index in [1.165, 1.54) is 0 Å². The Kier molecular flexibility index (Phi) is 1.71. The fourth-order valence-corrected chi connectivity index (χ4v) is 1.53. The molecule has 0 fully saturated rings. The molecule has 4 nitrogen and oxygen atoms in total. The predicted octanol–water partition coefficient (Wildman–Crippen LogP) is 1.82. The van der Waals surface area contributed by atoms with Crippen molar-refractivity contribution in [3.63, 3.8) is 0 Å². The Bertz CT molecular complexity index is 586. The Morgan fingerprint density at radius 1 is 1.00 bits per heavy atom. The average Bonchev–Trinajstić information content (AvgIpc) is 2.74. The molecule has 15 heavy (non-hydrogen) atoms. The highest BCUT2D eigenvalue weighted by molar-refractivity contribution is 5.75. The van der Waals surface area contributed by atoms with E-state index in [1.807, 2.05) is 24.3 Å². The largest absolute Gasteiger partial charge is 0.262 e. The molecule has 72 valence electrons. The van der Waals surface area contributed by atoms with Gasteiger partial charge in [-0.15, -0.1) is 0 Å². The maximum atomic E-state index is 4.29. The van der Waals surface area contributed by atoms with Crippen molar-refractivity contribution in [2.45, 2.75) is 0 Å². The van der Waals surface area contributed by atoms with Crippen molar-refractivity contribution in [1.82, 2.24) is 19.7 Å². The van der Waals surface area contributed by atoms with E-state index in [4.69, 9.17) is 0 Å². The van der Waals surface area contributed by atoms with Gasteiger partial charge in [0.05, 0.1) is 18.1 Å². The predicted molar refractivity (Wildman–Crippen MR) is 56.7 cm³/mol. The standard InChI is InChI=1S/C11H8N4/c1-3-9-7-14-15(11(9)13-6-1)10-4-2-5-12-8-10/h1-8H. The summed E-state index contributed by atoms with van der Waals surface area (Å²) < 4.78 is 1.78. The minimum absolute atomic E-state index is 0.852. The number of nitrogens with zero attached hydrogens (tertiary/aromatic N) is 4. The zero-order valence-electron chi connectivity index (χ0n) is 7.91. The summed E-state index contributed by atoms with van der Waals surface area (Å²) in [6.07, 6.45) is 7.07. The van der Waals surface area contributed by atoms with Crippen LogP contribution in [0.1, 0.15) is 0 Å². The number of pyridine rings is 2. The van der Waals surface area contributed by atoms with Crippen LogP contribution in [0.25, 0.3) is 16.7 Å². The third-order valence-electron chi connectivity index (χ3n) is 2.22. The van der Waals surface area contributed by atoms with Gasteiger partial charge in [-0.2, -0.15) is 5.10 Å². The van der Waals surface area contributed by atoms with Crippen LogP contribution in [-0.2, 0) is 0 Å². The maximum absolute atomic E-state index is 4.29. The molecule has 0 aliphatic carbocycles. The molecule has 0 amide bonds. The summed E-state index contributed by atoms with van der Waals surface area (Å²) in [5.74, 6) is 0. The van der Waals surface area contributed by atoms with Gasteiger partial charge in [0.25, 0.3) is 0 Å². The summed E-state index contributed by atoms with van der Waals surface area (Å²) in [6, 6.07) is 7.72. The molecule has 0 saturated heterocycles. The van der Waals surface area contributed by atoms with Gasteiger partial charge in [-0.25, -0.2) is 9.67 Å². The fraction of sp³-hybridized carbons (Fsp3) is 0. The maximum Gasteiger partial charge on any atom is 0.162 e. The zero-order chi connectivity index (χ0) is 10.1. The van der Waals surface area contributed by atoms with Crippen molar-refractivity contribution in [1.29, 1.82) is 0 Å². The Balaban J connectivity index is 2.28. The van der Waals surface area contributed by atoms with Crippen LogP contribution in [0.3, 0.4) is 0 Å². The summed E-state index contributed by atoms with van der Waals surface area (Å²) in [7, 11) is 0. The molecule has 0 spiro atoms. The normalized spacial score (nSPS) is 10.7. The van der Waals surface area contributed by atoms with E-state index in [1.54, 1.807) is 29.5 Å². The van der Waals surface area contributed by atoms with Crippen LogP contribution in [0.4, 0.5) is 0 Å². The van der Waals surface area contributed by atoms with Crippen LogP contribution in [0.2, 0.25) is 0 Å². The number of rotatable bonds is 1. The third kappa shape index (κ3) is 1.27. The molecule has 0 radical (unpaired) electrons. The zero-order valence-corrected chi connectivity index (χ0v) is 7.91. The van der Waals surface area contributed by atoms with Crippen molar-refractivity contribution in [3.8, 4) is 5.69 Å². The van der Waals surface area contributed by atoms with Crippen molar-refractivity contribution >= 4 is 11.0 Å². The first-order valence-corrected chi connectivity index (χ1v) is 4.64. The number of aromatic nitrogens is 4. The van der Waals surface area contributed by atoms with Crippen molar-refractivity contribution in [2.75, 3.05) is 0 Å². The molecule has 0 aliphatic heterocycles. The third-order valence-corrected chi connectivity index (χ3v) is 2.22. The molecule has 0 bridgehead atoms. The highest BCUT2D eigenvalue weighted by Crippen LogP contribution is 2.14. The molecule has 0 aliphatic rings. The molecular weight excluding hydrogens is 188 g/mol. The van der Waals surface area contributed by atoms with Gasteiger partial charge in [0.15, 0.2) is 5.65 Å². The van der Waals surface area contributed by atoms with Gasteiger partial charge in [0.2, 0.25) is 0 Å². The van der Waals surface area contributed by atoms with Gasteiger partial charge in [0, 0.05) is 17.8 Å². The van der Waals surface area contributed by atoms with Crippen LogP contribution in [0.5, 0.6) is 0 Å². The minimum atomic E-state index is 0.852. The summed E-state index contributed by atoms with van der Waals surface area (Å²) in [5, 5.41) is 5.31. The van der Waals surface area contributed by atoms with Crippen molar-refractivity contribution in [3.05, 3.63) is 49.1 Å². The smallest absolute Gasteiger partial charge is 0.162 e. The molecule has 3 aromatic rings. The Morgan fingerprint density at radius 2 is 1.93 bits per heavy atom. The lowest BCUT2D eigenvalue weighted by Gasteiger charge is -2.00. The Hall–Kier alpha value is -2.23. The van der Waals surface area contributed by atoms with Crippen molar-refractivity contribution < 1.29 is 0 Å². The second-order valence-corrected chi connectivity index (χ2v) is 3.18. The first kappa shape index (κ1) is 8.11. The molecule has 3 aromatic heterocycles. The lowest BCUT2D eigenvalue weighted by Crippen LogP contribution is -1.97. The molecule has 4 heteroatoms. The molecular formula is C11H8N4. The van der Waals surface area contributed by atoms with E-state index >= 15 is 0 Å². The summed E-state index contributed by atoms with van der Waals surface area (Å²) in [6.45, 7) is 0. The first-order chi connectivity index (χ1) is 7.45. The second-order valence-electron chi connectivity index (χ2n) is 3.18. The molecule has 0 N–H and O–H groups in total. The van der Waals surface area contributed by atoms with E-state index in [2.05, 4.69) is 15.1 Å². The van der Waals surface area contributed by atoms with Gasteiger partial charge in [-0.3, -0.25) is 4.98 Å². The fourth-order valence-electron chi connectivity index (χ4n) is 1.53. The van der Waals surface area contributed by atoms with Crippen LogP contribution < -0.4 is 0 Å². The van der Waals surface area contributed by atoms with Crippen LogP contribution in [-0.4, -0.2) is 19.7 Å². The monoisotopic (exact) mass is 196 g/mol. The summed E-state index contributed by atoms with van der Waals surface area (Å²) in [4.78, 5) is 8.35. The van der Waals surface area contributed by atoms with E-state index in [-0.39, 0.29) is 0 Å². The van der Waals surface area contributed by atoms with Gasteiger partial charge < -0.3 is 0 Å². The Labute approximate surface area is 86.2 Å². The first-order valence-electron chi connectivity index (χ1n) is 4.64. The summed E-state index contributed by atoms with van der Waals surface area (Å²) >= 11 is 0. The molecule has 0 aromatic carbocycles. The van der Waals surface area contributed by atoms with E-state index < -0.39 is 0 Å². The highest BCUT2D eigenvalue weighted by atomic mass is 15.3. The van der Waals surface area contributed by atoms with Crippen LogP contribution in [0.15, 0.2) is 49.1 Å². The molecule has 0 atom stereocenters. The molecule has 3 heterocycles. The quantitative estimate of drug-likeness (QED) is 0.596. The van der Waals surface area contributed by atoms with E-state index in [0.717, 1.165) is 16.7 Å². The SMILES string of the molecule is c1cncc(-n2ncc3cccnc32)c1. The minimum Gasteiger partial charge on any atom is -0.262 e. The lowest BCUT2D eigenvalue weighted by molar-refractivity contribution is 0.890. The molecule has 0 unspecified atom stereocenters. The van der Waals surface area contributed by atoms with Gasteiger partial charge >= 0.3 is 0 Å². The Morgan fingerprint density at radius 3 is 2.80 bits per heavy atom. The number of hydrogen-bond acceptors (Lipinski definition) is 3. The van der Waals surface area contributed by atoms with E-state index in [0.29, 0.717) is 0 Å². The van der Waals surface area contributed by atoms with Crippen LogP contribution >= 0.6 is 0 Å². The van der Waals surface area contributed by atoms with Crippen molar-refractivity contribution in [2.24, 2.45) is 0 Å². The average molecular weight is 196 g/mol. The molecule has 3 rings (SSSR count). The van der Waals surface area contributed by atoms with Gasteiger partial charge in [0.1, 0.15) is 0 Å². The van der Waals surface area contributed by atoms with Gasteiger partial charge in [-0.05, 0) is 24.3 Å². The van der Waals surface area contributed by atoms with Gasteiger partial charge in [-0.1, -0.05) is 0 Å². The molecule has 0 saturated carbocycles. The number of hydrogen-bond donors (Lipinski definition) is 0. The van der Waals surface area contributed by atoms with Crippen LogP contribution in [0, 0.1) is 0 Å². The lowest BCUT2D eigenvalue weighted by atomic mass is 10.3. The number of fused-ring (bicyclic) bond motifs is 1. The topological polar surface area (TPSA) is 43.6 Å².